The minimum Gasteiger partial charge on any atom is -0.354 e. The molecule has 0 saturated carbocycles. The average molecular weight is 241 g/mol. The van der Waals surface area contributed by atoms with Gasteiger partial charge in [-0.1, -0.05) is 12.1 Å². The van der Waals surface area contributed by atoms with Gasteiger partial charge in [-0.15, -0.1) is 11.8 Å². The highest BCUT2D eigenvalue weighted by atomic mass is 32.2. The Kier molecular flexibility index (Phi) is 2.41. The van der Waals surface area contributed by atoms with Crippen LogP contribution in [-0.2, 0) is 0 Å². The topological polar surface area (TPSA) is 32.9 Å². The van der Waals surface area contributed by atoms with Gasteiger partial charge in [0.2, 0.25) is 0 Å². The Balaban J connectivity index is 2.51. The number of hydrogen-bond donors (Lipinski definition) is 1. The number of para-hydroxylation sites is 1. The van der Waals surface area contributed by atoms with Crippen LogP contribution in [0.15, 0.2) is 52.2 Å². The number of pyridine rings is 1. The average Bonchev–Trinajstić information content (AvgIpc) is 2.39. The van der Waals surface area contributed by atoms with Gasteiger partial charge in [-0.3, -0.25) is 4.79 Å². The highest BCUT2D eigenvalue weighted by Gasteiger charge is 2.05. The molecule has 0 aliphatic rings. The van der Waals surface area contributed by atoms with Crippen LogP contribution in [0, 0.1) is 0 Å². The lowest BCUT2D eigenvalue weighted by Crippen LogP contribution is -2.03. The van der Waals surface area contributed by atoms with Gasteiger partial charge in [0.15, 0.2) is 5.43 Å². The zero-order valence-electron chi connectivity index (χ0n) is 9.36. The second-order valence-electron chi connectivity index (χ2n) is 3.91. The molecule has 0 unspecified atom stereocenters. The van der Waals surface area contributed by atoms with Crippen LogP contribution in [0.1, 0.15) is 0 Å². The second-order valence-corrected chi connectivity index (χ2v) is 4.79. The van der Waals surface area contributed by atoms with Crippen molar-refractivity contribution in [2.75, 3.05) is 6.26 Å². The molecule has 2 aromatic carbocycles. The van der Waals surface area contributed by atoms with Crippen molar-refractivity contribution in [3.8, 4) is 0 Å². The Morgan fingerprint density at radius 3 is 2.59 bits per heavy atom. The molecular weight excluding hydrogens is 230 g/mol. The first kappa shape index (κ1) is 10.4. The summed E-state index contributed by atoms with van der Waals surface area (Å²) in [6.45, 7) is 0. The minimum absolute atomic E-state index is 0.102. The monoisotopic (exact) mass is 241 g/mol. The summed E-state index contributed by atoms with van der Waals surface area (Å²) in [6, 6.07) is 13.6. The number of aromatic amines is 1. The number of rotatable bonds is 1. The van der Waals surface area contributed by atoms with E-state index >= 15 is 0 Å². The van der Waals surface area contributed by atoms with Crippen LogP contribution < -0.4 is 5.43 Å². The highest BCUT2D eigenvalue weighted by Crippen LogP contribution is 2.20. The van der Waals surface area contributed by atoms with Crippen molar-refractivity contribution in [2.24, 2.45) is 0 Å². The van der Waals surface area contributed by atoms with Crippen LogP contribution in [0.3, 0.4) is 0 Å². The van der Waals surface area contributed by atoms with Crippen molar-refractivity contribution in [1.29, 1.82) is 0 Å². The predicted octanol–water partition coefficient (Wildman–Crippen LogP) is 3.40. The fourth-order valence-electron chi connectivity index (χ4n) is 2.03. The molecule has 3 aromatic rings. The molecule has 0 atom stereocenters. The SMILES string of the molecule is CSc1ccc2[nH]c3ccccc3c(=O)c2c1. The standard InChI is InChI=1S/C14H11NOS/c1-17-9-6-7-13-11(8-9)14(16)10-4-2-3-5-12(10)15-13/h2-8H,1H3,(H,15,16). The van der Waals surface area contributed by atoms with Crippen LogP contribution in [-0.4, -0.2) is 11.2 Å². The van der Waals surface area contributed by atoms with Crippen LogP contribution >= 0.6 is 11.8 Å². The van der Waals surface area contributed by atoms with Gasteiger partial charge < -0.3 is 4.98 Å². The predicted molar refractivity (Wildman–Crippen MR) is 73.9 cm³/mol. The molecule has 1 N–H and O–H groups in total. The lowest BCUT2D eigenvalue weighted by atomic mass is 10.1. The molecule has 2 nitrogen and oxygen atoms in total. The number of thioether (sulfide) groups is 1. The first-order chi connectivity index (χ1) is 8.29. The largest absolute Gasteiger partial charge is 0.354 e. The molecule has 84 valence electrons. The van der Waals surface area contributed by atoms with E-state index in [1.54, 1.807) is 11.8 Å². The minimum atomic E-state index is 0.102. The third-order valence-electron chi connectivity index (χ3n) is 2.91. The van der Waals surface area contributed by atoms with E-state index < -0.39 is 0 Å². The third-order valence-corrected chi connectivity index (χ3v) is 3.64. The summed E-state index contributed by atoms with van der Waals surface area (Å²) in [4.78, 5) is 16.7. The normalized spacial score (nSPS) is 11.1. The third kappa shape index (κ3) is 1.63. The van der Waals surface area contributed by atoms with Gasteiger partial charge in [0.1, 0.15) is 0 Å². The van der Waals surface area contributed by atoms with E-state index in [4.69, 9.17) is 0 Å². The summed E-state index contributed by atoms with van der Waals surface area (Å²) in [7, 11) is 0. The van der Waals surface area contributed by atoms with Crippen molar-refractivity contribution in [3.05, 3.63) is 52.7 Å². The summed E-state index contributed by atoms with van der Waals surface area (Å²) in [5.74, 6) is 0. The molecule has 0 radical (unpaired) electrons. The summed E-state index contributed by atoms with van der Waals surface area (Å²) < 4.78 is 0. The summed E-state index contributed by atoms with van der Waals surface area (Å²) in [5, 5.41) is 1.51. The molecule has 0 fully saturated rings. The molecule has 0 spiro atoms. The van der Waals surface area contributed by atoms with E-state index in [0.29, 0.717) is 0 Å². The van der Waals surface area contributed by atoms with E-state index in [1.165, 1.54) is 0 Å². The van der Waals surface area contributed by atoms with Crippen LogP contribution in [0.5, 0.6) is 0 Å². The molecule has 17 heavy (non-hydrogen) atoms. The zero-order valence-corrected chi connectivity index (χ0v) is 10.2. The lowest BCUT2D eigenvalue weighted by Gasteiger charge is -2.03. The Morgan fingerprint density at radius 1 is 1.00 bits per heavy atom. The Labute approximate surface area is 103 Å². The van der Waals surface area contributed by atoms with E-state index in [-0.39, 0.29) is 5.43 Å². The Morgan fingerprint density at radius 2 is 1.76 bits per heavy atom. The van der Waals surface area contributed by atoms with Crippen LogP contribution in [0.25, 0.3) is 21.8 Å². The molecule has 0 aliphatic heterocycles. The van der Waals surface area contributed by atoms with Crippen molar-refractivity contribution in [1.82, 2.24) is 4.98 Å². The molecule has 1 heterocycles. The van der Waals surface area contributed by atoms with Gasteiger partial charge in [-0.05, 0) is 36.6 Å². The van der Waals surface area contributed by atoms with Crippen molar-refractivity contribution in [3.63, 3.8) is 0 Å². The maximum absolute atomic E-state index is 12.3. The lowest BCUT2D eigenvalue weighted by molar-refractivity contribution is 1.43. The molecule has 3 rings (SSSR count). The van der Waals surface area contributed by atoms with Gasteiger partial charge in [0.05, 0.1) is 0 Å². The summed E-state index contributed by atoms with van der Waals surface area (Å²) >= 11 is 1.64. The number of nitrogens with one attached hydrogen (secondary N) is 1. The first-order valence-electron chi connectivity index (χ1n) is 5.38. The van der Waals surface area contributed by atoms with Gasteiger partial charge in [-0.25, -0.2) is 0 Å². The fourth-order valence-corrected chi connectivity index (χ4v) is 2.47. The number of fused-ring (bicyclic) bond motifs is 2. The second kappa shape index (κ2) is 3.93. The van der Waals surface area contributed by atoms with Crippen LogP contribution in [0.4, 0.5) is 0 Å². The smallest absolute Gasteiger partial charge is 0.197 e. The number of aromatic nitrogens is 1. The van der Waals surface area contributed by atoms with E-state index in [9.17, 15) is 4.79 Å². The fraction of sp³-hybridized carbons (Fsp3) is 0.0714. The highest BCUT2D eigenvalue weighted by molar-refractivity contribution is 7.98. The van der Waals surface area contributed by atoms with E-state index in [1.807, 2.05) is 48.7 Å². The molecule has 3 heteroatoms. The van der Waals surface area contributed by atoms with E-state index in [2.05, 4.69) is 4.98 Å². The zero-order chi connectivity index (χ0) is 11.8. The maximum atomic E-state index is 12.3. The Bertz CT molecular complexity index is 761. The van der Waals surface area contributed by atoms with Gasteiger partial charge in [0, 0.05) is 26.7 Å². The van der Waals surface area contributed by atoms with Crippen molar-refractivity contribution >= 4 is 33.6 Å². The van der Waals surface area contributed by atoms with Gasteiger partial charge in [0.25, 0.3) is 0 Å². The van der Waals surface area contributed by atoms with E-state index in [0.717, 1.165) is 26.7 Å². The Hall–Kier alpha value is -1.74. The van der Waals surface area contributed by atoms with Crippen molar-refractivity contribution in [2.45, 2.75) is 4.90 Å². The molecule has 0 saturated heterocycles. The van der Waals surface area contributed by atoms with Crippen LogP contribution in [0.2, 0.25) is 0 Å². The molecule has 0 aliphatic carbocycles. The maximum Gasteiger partial charge on any atom is 0.197 e. The van der Waals surface area contributed by atoms with Gasteiger partial charge in [-0.2, -0.15) is 0 Å². The van der Waals surface area contributed by atoms with Gasteiger partial charge >= 0.3 is 0 Å². The summed E-state index contributed by atoms with van der Waals surface area (Å²) in [5.41, 5.74) is 1.89. The first-order valence-corrected chi connectivity index (χ1v) is 6.61. The number of hydrogen-bond acceptors (Lipinski definition) is 2. The number of H-pyrrole nitrogens is 1. The molecule has 0 amide bonds. The number of benzene rings is 2. The molecule has 0 bridgehead atoms. The van der Waals surface area contributed by atoms with Crippen molar-refractivity contribution < 1.29 is 0 Å². The quantitative estimate of drug-likeness (QED) is 0.523. The summed E-state index contributed by atoms with van der Waals surface area (Å²) in [6.07, 6.45) is 2.01. The molecular formula is C14H11NOS. The molecule has 1 aromatic heterocycles.